The molecule has 0 amide bonds. The zero-order valence-electron chi connectivity index (χ0n) is 31.7. The molecular formula is C53H37N3S+2. The van der Waals surface area contributed by atoms with Crippen molar-refractivity contribution < 1.29 is 9.13 Å². The zero-order valence-corrected chi connectivity index (χ0v) is 32.5. The van der Waals surface area contributed by atoms with Gasteiger partial charge in [0.1, 0.15) is 5.41 Å². The van der Waals surface area contributed by atoms with Crippen molar-refractivity contribution in [3.05, 3.63) is 188 Å². The van der Waals surface area contributed by atoms with E-state index in [1.807, 2.05) is 11.3 Å². The number of para-hydroxylation sites is 1. The van der Waals surface area contributed by atoms with Gasteiger partial charge in [0, 0.05) is 78.5 Å². The topological polar surface area (TPSA) is 12.2 Å². The van der Waals surface area contributed by atoms with Crippen molar-refractivity contribution >= 4 is 69.6 Å². The summed E-state index contributed by atoms with van der Waals surface area (Å²) >= 11 is 1.92. The number of hydrogen-bond acceptors (Lipinski definition) is 1. The van der Waals surface area contributed by atoms with Crippen molar-refractivity contribution in [2.45, 2.75) is 30.8 Å². The average molecular weight is 748 g/mol. The lowest BCUT2D eigenvalue weighted by molar-refractivity contribution is -0.776. The lowest BCUT2D eigenvalue weighted by Gasteiger charge is -2.46. The SMILES string of the molecule is C=CC1(C)[n+]2ccccc2-c2cc3c4c5c(cc6c7ccccc7n(c3cc2C1(C)C1c2ccccc2-c2cccc[n+]21)c64)sc1ccc(-c2ccccc2)cc15. The quantitative estimate of drug-likeness (QED) is 0.126. The van der Waals surface area contributed by atoms with Crippen LogP contribution in [0, 0.1) is 0 Å². The molecule has 57 heavy (non-hydrogen) atoms. The van der Waals surface area contributed by atoms with Gasteiger partial charge >= 0.3 is 0 Å². The van der Waals surface area contributed by atoms with Crippen LogP contribution in [-0.2, 0) is 11.0 Å². The zero-order chi connectivity index (χ0) is 37.8. The molecule has 0 aliphatic carbocycles. The highest BCUT2D eigenvalue weighted by atomic mass is 32.1. The Kier molecular flexibility index (Phi) is 5.99. The van der Waals surface area contributed by atoms with Crippen molar-refractivity contribution in [1.82, 2.24) is 4.40 Å². The van der Waals surface area contributed by atoms with Gasteiger partial charge in [-0.15, -0.1) is 11.3 Å². The molecule has 0 radical (unpaired) electrons. The van der Waals surface area contributed by atoms with Gasteiger partial charge in [-0.2, -0.15) is 9.13 Å². The summed E-state index contributed by atoms with van der Waals surface area (Å²) in [6, 6.07) is 56.8. The third kappa shape index (κ3) is 3.73. The third-order valence-electron chi connectivity index (χ3n) is 14.0. The maximum absolute atomic E-state index is 4.63. The van der Waals surface area contributed by atoms with Crippen molar-refractivity contribution in [2.75, 3.05) is 0 Å². The van der Waals surface area contributed by atoms with E-state index in [1.54, 1.807) is 0 Å². The summed E-state index contributed by atoms with van der Waals surface area (Å²) in [7, 11) is 0. The number of nitrogens with zero attached hydrogens (tertiary/aromatic N) is 3. The lowest BCUT2D eigenvalue weighted by atomic mass is 9.58. The van der Waals surface area contributed by atoms with E-state index in [4.69, 9.17) is 0 Å². The summed E-state index contributed by atoms with van der Waals surface area (Å²) in [6.07, 6.45) is 6.77. The van der Waals surface area contributed by atoms with Gasteiger partial charge in [-0.05, 0) is 84.3 Å². The number of aromatic nitrogens is 3. The van der Waals surface area contributed by atoms with Gasteiger partial charge in [-0.3, -0.25) is 0 Å². The van der Waals surface area contributed by atoms with Gasteiger partial charge in [0.15, 0.2) is 17.9 Å². The maximum Gasteiger partial charge on any atom is 0.213 e. The van der Waals surface area contributed by atoms with Gasteiger partial charge in [0.05, 0.1) is 27.7 Å². The number of rotatable bonds is 3. The fourth-order valence-corrected chi connectivity index (χ4v) is 12.4. The van der Waals surface area contributed by atoms with Crippen LogP contribution in [0.2, 0.25) is 0 Å². The minimum atomic E-state index is -0.489. The van der Waals surface area contributed by atoms with Crippen LogP contribution in [0.25, 0.3) is 91.9 Å². The molecule has 2 aliphatic rings. The van der Waals surface area contributed by atoms with E-state index in [-0.39, 0.29) is 6.04 Å². The molecule has 0 saturated heterocycles. The van der Waals surface area contributed by atoms with Crippen LogP contribution in [-0.4, -0.2) is 4.40 Å². The molecule has 3 unspecified atom stereocenters. The van der Waals surface area contributed by atoms with Crippen LogP contribution in [0.15, 0.2) is 177 Å². The second-order valence-corrected chi connectivity index (χ2v) is 17.5. The highest BCUT2D eigenvalue weighted by molar-refractivity contribution is 7.26. The van der Waals surface area contributed by atoms with Gasteiger partial charge < -0.3 is 4.40 Å². The first kappa shape index (κ1) is 31.6. The van der Waals surface area contributed by atoms with Crippen LogP contribution in [0.3, 0.4) is 0 Å². The summed E-state index contributed by atoms with van der Waals surface area (Å²) in [6.45, 7) is 9.52. The second-order valence-electron chi connectivity index (χ2n) is 16.5. The summed E-state index contributed by atoms with van der Waals surface area (Å²) in [5, 5.41) is 7.95. The number of benzene rings is 6. The fourth-order valence-electron chi connectivity index (χ4n) is 11.3. The van der Waals surface area contributed by atoms with Crippen LogP contribution in [0.5, 0.6) is 0 Å². The standard InChI is InChI=1S/C53H37N3S/c1-4-52(2)53(3,51-36-20-9-8-18-34(36)42-21-12-14-26-54(42)51)41-31-45-39(29-38(41)43-22-13-15-27-55(43)52)49-48-40-28-33(32-16-6-5-7-17-32)24-25-46(40)57-47(48)30-37-35-19-10-11-23-44(35)56(45)50(37)49/h4-31,51H,1H2,2-3H3/q+2. The number of hydrogen-bond donors (Lipinski definition) is 0. The summed E-state index contributed by atoms with van der Waals surface area (Å²) in [5.41, 5.74) is 13.1. The van der Waals surface area contributed by atoms with E-state index in [2.05, 4.69) is 204 Å². The highest BCUT2D eigenvalue weighted by Crippen LogP contribution is 2.58. The predicted molar refractivity (Wildman–Crippen MR) is 236 cm³/mol. The molecule has 0 N–H and O–H groups in total. The van der Waals surface area contributed by atoms with Gasteiger partial charge in [0.25, 0.3) is 0 Å². The Labute approximate surface area is 334 Å². The molecule has 11 aromatic rings. The monoisotopic (exact) mass is 747 g/mol. The Balaban J connectivity index is 1.22. The third-order valence-corrected chi connectivity index (χ3v) is 15.2. The van der Waals surface area contributed by atoms with E-state index >= 15 is 0 Å². The minimum Gasteiger partial charge on any atom is -0.308 e. The Morgan fingerprint density at radius 3 is 2.25 bits per heavy atom. The number of allylic oxidation sites excluding steroid dienone is 1. The van der Waals surface area contributed by atoms with Gasteiger partial charge in [-0.1, -0.05) is 79.4 Å². The van der Waals surface area contributed by atoms with Crippen molar-refractivity contribution in [2.24, 2.45) is 0 Å². The Bertz CT molecular complexity index is 3490. The maximum atomic E-state index is 4.63. The molecule has 0 spiro atoms. The van der Waals surface area contributed by atoms with Crippen LogP contribution in [0.1, 0.15) is 31.0 Å². The van der Waals surface area contributed by atoms with Crippen LogP contribution < -0.4 is 9.13 Å². The van der Waals surface area contributed by atoms with Gasteiger partial charge in [-0.25, -0.2) is 0 Å². The molecule has 3 nitrogen and oxygen atoms in total. The smallest absolute Gasteiger partial charge is 0.213 e. The Morgan fingerprint density at radius 1 is 0.596 bits per heavy atom. The van der Waals surface area contributed by atoms with E-state index in [9.17, 15) is 0 Å². The van der Waals surface area contributed by atoms with E-state index in [0.29, 0.717) is 0 Å². The molecule has 6 aromatic carbocycles. The van der Waals surface area contributed by atoms with Crippen molar-refractivity contribution in [3.8, 4) is 33.6 Å². The van der Waals surface area contributed by atoms with E-state index in [0.717, 1.165) is 0 Å². The first-order chi connectivity index (χ1) is 28.0. The van der Waals surface area contributed by atoms with Crippen molar-refractivity contribution in [1.29, 1.82) is 0 Å². The van der Waals surface area contributed by atoms with E-state index in [1.165, 1.54) is 103 Å². The molecule has 13 rings (SSSR count). The normalized spacial score (nSPS) is 19.8. The van der Waals surface area contributed by atoms with Gasteiger partial charge in [0.2, 0.25) is 17.4 Å². The molecule has 268 valence electrons. The predicted octanol–water partition coefficient (Wildman–Crippen LogP) is 12.6. The molecule has 2 aliphatic heterocycles. The lowest BCUT2D eigenvalue weighted by Crippen LogP contribution is -2.71. The largest absolute Gasteiger partial charge is 0.308 e. The molecule has 0 saturated carbocycles. The molecular weight excluding hydrogens is 711 g/mol. The summed E-state index contributed by atoms with van der Waals surface area (Å²) in [5.74, 6) is 0. The number of pyridine rings is 2. The molecule has 0 fully saturated rings. The average Bonchev–Trinajstić information content (AvgIpc) is 4.00. The van der Waals surface area contributed by atoms with Crippen LogP contribution >= 0.6 is 11.3 Å². The first-order valence-corrected chi connectivity index (χ1v) is 20.7. The summed E-state index contributed by atoms with van der Waals surface area (Å²) < 4.78 is 10.3. The highest BCUT2D eigenvalue weighted by Gasteiger charge is 2.66. The molecule has 0 bridgehead atoms. The fraction of sp³-hybridized carbons (Fsp3) is 0.0943. The van der Waals surface area contributed by atoms with Crippen molar-refractivity contribution in [3.63, 3.8) is 0 Å². The van der Waals surface area contributed by atoms with Crippen LogP contribution in [0.4, 0.5) is 0 Å². The molecule has 4 heteroatoms. The minimum absolute atomic E-state index is 0.0136. The molecule has 3 atom stereocenters. The number of fused-ring (bicyclic) bond motifs is 16. The molecule has 7 heterocycles. The summed E-state index contributed by atoms with van der Waals surface area (Å²) in [4.78, 5) is 0. The second kappa shape index (κ2) is 10.8. The Hall–Kier alpha value is -6.62. The van der Waals surface area contributed by atoms with E-state index < -0.39 is 11.0 Å². The Morgan fingerprint density at radius 2 is 1.37 bits per heavy atom. The number of thiophene rings is 1. The first-order valence-electron chi connectivity index (χ1n) is 19.9. The molecule has 5 aromatic heterocycles.